The molecular formula is C17H16O2S. The Morgan fingerprint density at radius 1 is 1.15 bits per heavy atom. The lowest BCUT2D eigenvalue weighted by Gasteiger charge is -2.23. The van der Waals surface area contributed by atoms with Gasteiger partial charge in [-0.1, -0.05) is 18.2 Å². The van der Waals surface area contributed by atoms with Crippen LogP contribution in [0.25, 0.3) is 0 Å². The highest BCUT2D eigenvalue weighted by atomic mass is 32.2. The largest absolute Gasteiger partial charge is 0.497 e. The monoisotopic (exact) mass is 284 g/mol. The minimum absolute atomic E-state index is 0.0545. The Balaban J connectivity index is 1.93. The van der Waals surface area contributed by atoms with E-state index < -0.39 is 0 Å². The quantitative estimate of drug-likeness (QED) is 0.831. The van der Waals surface area contributed by atoms with Gasteiger partial charge in [0, 0.05) is 16.2 Å². The van der Waals surface area contributed by atoms with Gasteiger partial charge in [0.15, 0.2) is 5.78 Å². The van der Waals surface area contributed by atoms with Crippen molar-refractivity contribution in [2.24, 2.45) is 0 Å². The van der Waals surface area contributed by atoms with Crippen molar-refractivity contribution in [1.29, 1.82) is 0 Å². The molecule has 0 spiro atoms. The van der Waals surface area contributed by atoms with Crippen LogP contribution < -0.4 is 4.74 Å². The molecule has 0 aliphatic carbocycles. The second-order valence-corrected chi connectivity index (χ2v) is 6.06. The van der Waals surface area contributed by atoms with Gasteiger partial charge < -0.3 is 4.74 Å². The molecule has 2 nitrogen and oxygen atoms in total. The summed E-state index contributed by atoms with van der Waals surface area (Å²) < 4.78 is 5.16. The first-order valence-electron chi connectivity index (χ1n) is 6.60. The summed E-state index contributed by atoms with van der Waals surface area (Å²) in [6.45, 7) is 2.06. The van der Waals surface area contributed by atoms with Crippen molar-refractivity contribution >= 4 is 17.5 Å². The van der Waals surface area contributed by atoms with Crippen molar-refractivity contribution in [1.82, 2.24) is 0 Å². The van der Waals surface area contributed by atoms with Crippen LogP contribution in [0.4, 0.5) is 0 Å². The molecule has 1 heterocycles. The molecule has 102 valence electrons. The number of ether oxygens (including phenoxy) is 1. The van der Waals surface area contributed by atoms with Gasteiger partial charge in [-0.25, -0.2) is 0 Å². The molecule has 3 rings (SSSR count). The third-order valence-electron chi connectivity index (χ3n) is 3.64. The van der Waals surface area contributed by atoms with Crippen LogP contribution in [0, 0.1) is 6.92 Å². The zero-order valence-electron chi connectivity index (χ0n) is 11.6. The van der Waals surface area contributed by atoms with E-state index in [1.54, 1.807) is 18.9 Å². The topological polar surface area (TPSA) is 26.3 Å². The summed E-state index contributed by atoms with van der Waals surface area (Å²) in [5.74, 6) is 1.80. The maximum atomic E-state index is 12.6. The predicted octanol–water partition coefficient (Wildman–Crippen LogP) is 4.08. The summed E-state index contributed by atoms with van der Waals surface area (Å²) in [4.78, 5) is 13.7. The Bertz CT molecular complexity index is 647. The van der Waals surface area contributed by atoms with E-state index in [0.717, 1.165) is 27.5 Å². The molecule has 3 heteroatoms. The second-order valence-electron chi connectivity index (χ2n) is 5.00. The highest BCUT2D eigenvalue weighted by Gasteiger charge is 2.29. The Hall–Kier alpha value is -1.74. The van der Waals surface area contributed by atoms with Crippen LogP contribution in [0.5, 0.6) is 5.75 Å². The van der Waals surface area contributed by atoms with E-state index in [-0.39, 0.29) is 11.7 Å². The number of hydrogen-bond donors (Lipinski definition) is 0. The van der Waals surface area contributed by atoms with E-state index in [1.165, 1.54) is 5.56 Å². The molecule has 0 aromatic heterocycles. The number of carbonyl (C=O) groups excluding carboxylic acids is 1. The lowest BCUT2D eigenvalue weighted by atomic mass is 9.91. The number of carbonyl (C=O) groups is 1. The third-order valence-corrected chi connectivity index (χ3v) is 4.79. The first-order valence-corrected chi connectivity index (χ1v) is 7.59. The summed E-state index contributed by atoms with van der Waals surface area (Å²) in [6, 6.07) is 13.9. The smallest absolute Gasteiger partial charge is 0.172 e. The third kappa shape index (κ3) is 2.34. The van der Waals surface area contributed by atoms with E-state index in [0.29, 0.717) is 0 Å². The molecule has 1 atom stereocenters. The molecule has 1 aliphatic rings. The number of rotatable bonds is 2. The zero-order valence-corrected chi connectivity index (χ0v) is 12.4. The SMILES string of the molecule is COc1ccc(C2CSc3cc(C)ccc3C2=O)cc1. The molecule has 0 bridgehead atoms. The molecular weight excluding hydrogens is 268 g/mol. The Morgan fingerprint density at radius 2 is 1.90 bits per heavy atom. The lowest BCUT2D eigenvalue weighted by molar-refractivity contribution is 0.0962. The first-order chi connectivity index (χ1) is 9.69. The van der Waals surface area contributed by atoms with Gasteiger partial charge in [0.25, 0.3) is 0 Å². The number of thioether (sulfide) groups is 1. The average Bonchev–Trinajstić information content (AvgIpc) is 2.48. The summed E-state index contributed by atoms with van der Waals surface area (Å²) in [7, 11) is 1.65. The van der Waals surface area contributed by atoms with Crippen LogP contribution >= 0.6 is 11.8 Å². The molecule has 2 aromatic rings. The van der Waals surface area contributed by atoms with Crippen molar-refractivity contribution in [2.75, 3.05) is 12.9 Å². The number of benzene rings is 2. The normalized spacial score (nSPS) is 17.7. The van der Waals surface area contributed by atoms with Crippen LogP contribution in [-0.4, -0.2) is 18.6 Å². The van der Waals surface area contributed by atoms with E-state index in [4.69, 9.17) is 4.74 Å². The molecule has 0 N–H and O–H groups in total. The van der Waals surface area contributed by atoms with E-state index >= 15 is 0 Å². The van der Waals surface area contributed by atoms with Crippen molar-refractivity contribution in [2.45, 2.75) is 17.7 Å². The molecule has 2 aromatic carbocycles. The fourth-order valence-corrected chi connectivity index (χ4v) is 3.76. The second kappa shape index (κ2) is 5.33. The van der Waals surface area contributed by atoms with E-state index in [9.17, 15) is 4.79 Å². The summed E-state index contributed by atoms with van der Waals surface area (Å²) in [5.41, 5.74) is 3.12. The summed E-state index contributed by atoms with van der Waals surface area (Å²) in [6.07, 6.45) is 0. The van der Waals surface area contributed by atoms with Gasteiger partial charge in [-0.15, -0.1) is 11.8 Å². The molecule has 0 amide bonds. The van der Waals surface area contributed by atoms with Gasteiger partial charge in [0.2, 0.25) is 0 Å². The fraction of sp³-hybridized carbons (Fsp3) is 0.235. The molecule has 0 fully saturated rings. The van der Waals surface area contributed by atoms with Gasteiger partial charge in [-0.05, 0) is 42.3 Å². The molecule has 0 saturated carbocycles. The molecule has 0 saturated heterocycles. The summed E-state index contributed by atoms with van der Waals surface area (Å²) >= 11 is 1.77. The number of Topliss-reactive ketones (excluding diaryl/α,β-unsaturated/α-hetero) is 1. The zero-order chi connectivity index (χ0) is 14.1. The van der Waals surface area contributed by atoms with Crippen LogP contribution in [-0.2, 0) is 0 Å². The number of methoxy groups -OCH3 is 1. The van der Waals surface area contributed by atoms with Crippen LogP contribution in [0.15, 0.2) is 47.4 Å². The van der Waals surface area contributed by atoms with E-state index in [2.05, 4.69) is 13.0 Å². The van der Waals surface area contributed by atoms with Crippen molar-refractivity contribution in [3.8, 4) is 5.75 Å². The molecule has 20 heavy (non-hydrogen) atoms. The van der Waals surface area contributed by atoms with Crippen molar-refractivity contribution in [3.05, 3.63) is 59.2 Å². The number of hydrogen-bond acceptors (Lipinski definition) is 3. The maximum absolute atomic E-state index is 12.6. The van der Waals surface area contributed by atoms with Gasteiger partial charge in [-0.2, -0.15) is 0 Å². The number of ketones is 1. The van der Waals surface area contributed by atoms with Crippen LogP contribution in [0.3, 0.4) is 0 Å². The summed E-state index contributed by atoms with van der Waals surface area (Å²) in [5, 5.41) is 0. The first kappa shape index (κ1) is 13.3. The van der Waals surface area contributed by atoms with Gasteiger partial charge in [0.05, 0.1) is 13.0 Å². The molecule has 1 aliphatic heterocycles. The van der Waals surface area contributed by atoms with Crippen molar-refractivity contribution < 1.29 is 9.53 Å². The van der Waals surface area contributed by atoms with Crippen molar-refractivity contribution in [3.63, 3.8) is 0 Å². The average molecular weight is 284 g/mol. The Kier molecular flexibility index (Phi) is 3.53. The highest BCUT2D eigenvalue weighted by Crippen LogP contribution is 2.38. The van der Waals surface area contributed by atoms with Crippen LogP contribution in [0.2, 0.25) is 0 Å². The number of fused-ring (bicyclic) bond motifs is 1. The minimum Gasteiger partial charge on any atom is -0.497 e. The van der Waals surface area contributed by atoms with E-state index in [1.807, 2.05) is 36.4 Å². The highest BCUT2D eigenvalue weighted by molar-refractivity contribution is 7.99. The minimum atomic E-state index is -0.0545. The standard InChI is InChI=1S/C17H16O2S/c1-11-3-8-14-16(9-11)20-10-15(17(14)18)12-4-6-13(19-2)7-5-12/h3-9,15H,10H2,1-2H3. The maximum Gasteiger partial charge on any atom is 0.172 e. The van der Waals surface area contributed by atoms with Crippen LogP contribution in [0.1, 0.15) is 27.4 Å². The van der Waals surface area contributed by atoms with Gasteiger partial charge in [0.1, 0.15) is 5.75 Å². The molecule has 0 radical (unpaired) electrons. The Labute approximate surface area is 123 Å². The molecule has 1 unspecified atom stereocenters. The lowest BCUT2D eigenvalue weighted by Crippen LogP contribution is -2.20. The predicted molar refractivity (Wildman–Crippen MR) is 82.0 cm³/mol. The van der Waals surface area contributed by atoms with Gasteiger partial charge >= 0.3 is 0 Å². The van der Waals surface area contributed by atoms with Gasteiger partial charge in [-0.3, -0.25) is 4.79 Å². The number of aryl methyl sites for hydroxylation is 1. The fourth-order valence-electron chi connectivity index (χ4n) is 2.47. The Morgan fingerprint density at radius 3 is 2.60 bits per heavy atom.